The van der Waals surface area contributed by atoms with Crippen LogP contribution in [0.5, 0.6) is 5.75 Å². The summed E-state index contributed by atoms with van der Waals surface area (Å²) in [6.45, 7) is 5.20. The van der Waals surface area contributed by atoms with Gasteiger partial charge < -0.3 is 9.67 Å². The second kappa shape index (κ2) is 8.39. The molecule has 5 rings (SSSR count). The smallest absolute Gasteiger partial charge is 0.116 e. The van der Waals surface area contributed by atoms with Gasteiger partial charge in [-0.25, -0.2) is 0 Å². The molecule has 0 amide bonds. The zero-order valence-corrected chi connectivity index (χ0v) is 18.5. The molecule has 158 valence electrons. The van der Waals surface area contributed by atoms with E-state index in [-0.39, 0.29) is 0 Å². The van der Waals surface area contributed by atoms with Crippen molar-refractivity contribution in [3.63, 3.8) is 0 Å². The Hall–Kier alpha value is -3.78. The zero-order chi connectivity index (χ0) is 22.1. The Labute approximate surface area is 189 Å². The average Bonchev–Trinajstić information content (AvgIpc) is 3.12. The molecule has 1 N–H and O–H groups in total. The predicted octanol–water partition coefficient (Wildman–Crippen LogP) is 7.27. The van der Waals surface area contributed by atoms with Gasteiger partial charge in [-0.15, -0.1) is 0 Å². The number of aromatic nitrogens is 1. The van der Waals surface area contributed by atoms with Crippen LogP contribution in [0.3, 0.4) is 0 Å². The monoisotopic (exact) mass is 417 g/mol. The van der Waals surface area contributed by atoms with E-state index in [1.165, 1.54) is 38.9 Å². The number of hydrogen-bond donors (Lipinski definition) is 1. The number of aryl methyl sites for hydroxylation is 1. The molecule has 0 unspecified atom stereocenters. The topological polar surface area (TPSA) is 25.2 Å². The molecule has 2 heteroatoms. The van der Waals surface area contributed by atoms with Crippen molar-refractivity contribution in [2.45, 2.75) is 26.8 Å². The fourth-order valence-electron chi connectivity index (χ4n) is 4.66. The van der Waals surface area contributed by atoms with Gasteiger partial charge in [-0.3, -0.25) is 0 Å². The van der Waals surface area contributed by atoms with Crippen molar-refractivity contribution in [3.8, 4) is 16.9 Å². The van der Waals surface area contributed by atoms with Crippen LogP contribution in [-0.2, 0) is 13.0 Å². The van der Waals surface area contributed by atoms with Gasteiger partial charge in [0, 0.05) is 23.6 Å². The van der Waals surface area contributed by atoms with Crippen molar-refractivity contribution in [1.29, 1.82) is 0 Å². The summed E-state index contributed by atoms with van der Waals surface area (Å²) in [7, 11) is 0. The van der Waals surface area contributed by atoms with E-state index in [1.54, 1.807) is 6.07 Å². The first-order valence-corrected chi connectivity index (χ1v) is 11.1. The second-order valence-corrected chi connectivity index (χ2v) is 8.55. The molecule has 32 heavy (non-hydrogen) atoms. The summed E-state index contributed by atoms with van der Waals surface area (Å²) in [5.41, 5.74) is 10.1. The van der Waals surface area contributed by atoms with E-state index in [1.807, 2.05) is 18.2 Å². The molecule has 0 aliphatic carbocycles. The molecule has 2 nitrogen and oxygen atoms in total. The highest BCUT2D eigenvalue weighted by Crippen LogP contribution is 2.32. The van der Waals surface area contributed by atoms with Gasteiger partial charge in [0.15, 0.2) is 0 Å². The highest BCUT2D eigenvalue weighted by atomic mass is 16.3. The van der Waals surface area contributed by atoms with Gasteiger partial charge in [0.2, 0.25) is 0 Å². The van der Waals surface area contributed by atoms with E-state index in [4.69, 9.17) is 0 Å². The van der Waals surface area contributed by atoms with E-state index in [9.17, 15) is 5.11 Å². The maximum Gasteiger partial charge on any atom is 0.116 e. The van der Waals surface area contributed by atoms with Gasteiger partial charge in [0.05, 0.1) is 0 Å². The molecule has 1 aromatic heterocycles. The lowest BCUT2D eigenvalue weighted by atomic mass is 9.91. The Morgan fingerprint density at radius 2 is 1.47 bits per heavy atom. The minimum Gasteiger partial charge on any atom is -0.508 e. The Morgan fingerprint density at radius 1 is 0.719 bits per heavy atom. The van der Waals surface area contributed by atoms with E-state index < -0.39 is 0 Å². The number of benzene rings is 4. The third kappa shape index (κ3) is 3.80. The van der Waals surface area contributed by atoms with Crippen LogP contribution < -0.4 is 0 Å². The number of nitrogens with zero attached hydrogens (tertiary/aromatic N) is 1. The molecular weight excluding hydrogens is 390 g/mol. The molecule has 0 saturated heterocycles. The number of rotatable bonds is 5. The minimum absolute atomic E-state index is 0.307. The molecule has 0 atom stereocenters. The summed E-state index contributed by atoms with van der Waals surface area (Å²) in [5, 5.41) is 11.3. The van der Waals surface area contributed by atoms with Gasteiger partial charge >= 0.3 is 0 Å². The highest BCUT2D eigenvalue weighted by molar-refractivity contribution is 5.86. The van der Waals surface area contributed by atoms with Crippen molar-refractivity contribution in [3.05, 3.63) is 125 Å². The van der Waals surface area contributed by atoms with Gasteiger partial charge in [-0.05, 0) is 77.4 Å². The summed E-state index contributed by atoms with van der Waals surface area (Å²) in [6, 6.07) is 31.4. The van der Waals surface area contributed by atoms with Crippen LogP contribution in [0.15, 0.2) is 97.2 Å². The molecule has 0 saturated carbocycles. The number of hydrogen-bond acceptors (Lipinski definition) is 1. The summed E-state index contributed by atoms with van der Waals surface area (Å²) < 4.78 is 2.29. The summed E-state index contributed by atoms with van der Waals surface area (Å²) in [6.07, 6.45) is 3.07. The Balaban J connectivity index is 1.57. The first-order valence-electron chi connectivity index (χ1n) is 11.1. The highest BCUT2D eigenvalue weighted by Gasteiger charge is 2.14. The Kier molecular flexibility index (Phi) is 5.28. The van der Waals surface area contributed by atoms with E-state index in [0.717, 1.165) is 23.9 Å². The van der Waals surface area contributed by atoms with Crippen molar-refractivity contribution < 1.29 is 5.11 Å². The van der Waals surface area contributed by atoms with Crippen LogP contribution in [0.4, 0.5) is 0 Å². The molecule has 0 bridgehead atoms. The number of fused-ring (bicyclic) bond motifs is 1. The third-order valence-electron chi connectivity index (χ3n) is 6.41. The molecule has 0 aliphatic rings. The van der Waals surface area contributed by atoms with Crippen LogP contribution in [-0.4, -0.2) is 9.67 Å². The average molecular weight is 418 g/mol. The van der Waals surface area contributed by atoms with E-state index >= 15 is 0 Å². The minimum atomic E-state index is 0.307. The van der Waals surface area contributed by atoms with Gasteiger partial charge in [-0.1, -0.05) is 72.8 Å². The zero-order valence-electron chi connectivity index (χ0n) is 18.5. The normalized spacial score (nSPS) is 11.2. The lowest BCUT2D eigenvalue weighted by Crippen LogP contribution is -1.98. The summed E-state index contributed by atoms with van der Waals surface area (Å²) in [5.74, 6) is 0.307. The first-order chi connectivity index (χ1) is 15.6. The fourth-order valence-corrected chi connectivity index (χ4v) is 4.66. The molecule has 0 fully saturated rings. The van der Waals surface area contributed by atoms with Crippen LogP contribution in [0, 0.1) is 13.8 Å². The SMILES string of the molecule is Cc1ccccc1-c1cccc(Cc2cn(Cc3ccccc3)c3ccc(O)cc23)c1C. The van der Waals surface area contributed by atoms with Crippen LogP contribution in [0.1, 0.15) is 27.8 Å². The third-order valence-corrected chi connectivity index (χ3v) is 6.41. The maximum absolute atomic E-state index is 10.2. The number of phenols is 1. The maximum atomic E-state index is 10.2. The Morgan fingerprint density at radius 3 is 2.28 bits per heavy atom. The lowest BCUT2D eigenvalue weighted by molar-refractivity contribution is 0.476. The van der Waals surface area contributed by atoms with E-state index in [0.29, 0.717) is 5.75 Å². The fraction of sp³-hybridized carbons (Fsp3) is 0.133. The first kappa shape index (κ1) is 20.1. The van der Waals surface area contributed by atoms with Crippen molar-refractivity contribution in [2.75, 3.05) is 0 Å². The molecular formula is C30H27NO. The molecule has 5 aromatic rings. The predicted molar refractivity (Wildman–Crippen MR) is 133 cm³/mol. The summed E-state index contributed by atoms with van der Waals surface area (Å²) >= 11 is 0. The van der Waals surface area contributed by atoms with E-state index in [2.05, 4.69) is 91.3 Å². The Bertz CT molecular complexity index is 1400. The van der Waals surface area contributed by atoms with Crippen molar-refractivity contribution in [2.24, 2.45) is 0 Å². The molecule has 1 heterocycles. The van der Waals surface area contributed by atoms with Crippen LogP contribution >= 0.6 is 0 Å². The van der Waals surface area contributed by atoms with Gasteiger partial charge in [-0.2, -0.15) is 0 Å². The number of phenolic OH excluding ortho intramolecular Hbond substituents is 1. The van der Waals surface area contributed by atoms with Crippen molar-refractivity contribution in [1.82, 2.24) is 4.57 Å². The molecule has 0 radical (unpaired) electrons. The molecule has 4 aromatic carbocycles. The van der Waals surface area contributed by atoms with Gasteiger partial charge in [0.1, 0.15) is 5.75 Å². The molecule has 0 spiro atoms. The second-order valence-electron chi connectivity index (χ2n) is 8.55. The molecule has 0 aliphatic heterocycles. The van der Waals surface area contributed by atoms with Gasteiger partial charge in [0.25, 0.3) is 0 Å². The summed E-state index contributed by atoms with van der Waals surface area (Å²) in [4.78, 5) is 0. The van der Waals surface area contributed by atoms with Crippen LogP contribution in [0.2, 0.25) is 0 Å². The quantitative estimate of drug-likeness (QED) is 0.320. The number of aromatic hydroxyl groups is 1. The lowest BCUT2D eigenvalue weighted by Gasteiger charge is -2.13. The van der Waals surface area contributed by atoms with Crippen LogP contribution in [0.25, 0.3) is 22.0 Å². The largest absolute Gasteiger partial charge is 0.508 e. The van der Waals surface area contributed by atoms with Crippen molar-refractivity contribution >= 4 is 10.9 Å². The standard InChI is InChI=1S/C30H27NO/c1-21-9-6-7-13-27(21)28-14-8-12-24(22(28)2)17-25-20-31(19-23-10-4-3-5-11-23)30-16-15-26(32)18-29(25)30/h3-16,18,20,32H,17,19H2,1-2H3.